The second kappa shape index (κ2) is 6.84. The molecular weight excluding hydrogens is 365 g/mol. The van der Waals surface area contributed by atoms with Gasteiger partial charge in [-0.1, -0.05) is 32.0 Å². The zero-order chi connectivity index (χ0) is 18.4. The van der Waals surface area contributed by atoms with Gasteiger partial charge >= 0.3 is 0 Å². The first-order valence-corrected chi connectivity index (χ1v) is 11.9. The topological polar surface area (TPSA) is 38.5 Å². The van der Waals surface area contributed by atoms with E-state index in [9.17, 15) is 0 Å². The van der Waals surface area contributed by atoms with Crippen molar-refractivity contribution >= 4 is 29.6 Å². The number of hydrogen-bond acceptors (Lipinski definition) is 4. The van der Waals surface area contributed by atoms with E-state index in [1.54, 1.807) is 7.11 Å². The first-order chi connectivity index (χ1) is 12.4. The van der Waals surface area contributed by atoms with Crippen molar-refractivity contribution in [2.45, 2.75) is 26.7 Å². The lowest BCUT2D eigenvalue weighted by atomic mass is 9.78. The van der Waals surface area contributed by atoms with Crippen LogP contribution in [0.25, 0.3) is 0 Å². The van der Waals surface area contributed by atoms with Gasteiger partial charge in [-0.15, -0.1) is 0 Å². The standard InChI is InChI=1S/C19H26N3O2PS/c1-19(2)13-16-18(17(14-19)21-9-11-24-12-10-21)25(26,23-3)22(20-16)15-7-5-4-6-8-15/h4-8H,9-14H2,1-3H3/p+1/t25-/m0/s1. The van der Waals surface area contributed by atoms with Crippen LogP contribution in [-0.2, 0) is 21.1 Å². The Bertz CT molecular complexity index is 800. The molecule has 1 N–H and O–H groups in total. The molecule has 2 aliphatic heterocycles. The first-order valence-electron chi connectivity index (χ1n) is 9.20. The van der Waals surface area contributed by atoms with Crippen molar-refractivity contribution in [2.75, 3.05) is 38.2 Å². The molecule has 0 spiro atoms. The van der Waals surface area contributed by atoms with E-state index in [1.807, 2.05) is 23.0 Å². The van der Waals surface area contributed by atoms with Gasteiger partial charge in [0, 0.05) is 13.5 Å². The van der Waals surface area contributed by atoms with Crippen molar-refractivity contribution in [3.8, 4) is 0 Å². The van der Waals surface area contributed by atoms with Gasteiger partial charge in [-0.2, -0.15) is 5.10 Å². The Hall–Kier alpha value is -1.04. The molecule has 4 rings (SSSR count). The fourth-order valence-corrected chi connectivity index (χ4v) is 7.43. The summed E-state index contributed by atoms with van der Waals surface area (Å²) in [4.78, 5) is 1.49. The van der Waals surface area contributed by atoms with Gasteiger partial charge in [0.2, 0.25) is 6.42 Å². The molecule has 0 bridgehead atoms. The normalized spacial score (nSPS) is 28.9. The Morgan fingerprint density at radius 3 is 2.54 bits per heavy atom. The maximum atomic E-state index is 6.19. The number of nitrogens with one attached hydrogen (secondary N) is 1. The van der Waals surface area contributed by atoms with Crippen molar-refractivity contribution in [1.82, 2.24) is 0 Å². The number of rotatable bonds is 3. The molecule has 140 valence electrons. The zero-order valence-corrected chi connectivity index (χ0v) is 17.4. The molecule has 2 heterocycles. The smallest absolute Gasteiger partial charge is 0.213 e. The number of ether oxygens (including phenoxy) is 1. The molecule has 1 aliphatic carbocycles. The van der Waals surface area contributed by atoms with Gasteiger partial charge in [0.25, 0.3) is 0 Å². The van der Waals surface area contributed by atoms with Crippen molar-refractivity contribution < 1.29 is 14.2 Å². The number of morpholine rings is 1. The molecule has 5 nitrogen and oxygen atoms in total. The monoisotopic (exact) mass is 392 g/mol. The largest absolute Gasteiger partial charge is 0.370 e. The highest BCUT2D eigenvalue weighted by molar-refractivity contribution is 8.15. The maximum absolute atomic E-state index is 6.19. The minimum Gasteiger partial charge on any atom is -0.370 e. The Morgan fingerprint density at radius 1 is 1.19 bits per heavy atom. The van der Waals surface area contributed by atoms with E-state index in [-0.39, 0.29) is 5.41 Å². The highest BCUT2D eigenvalue weighted by Gasteiger charge is 2.49. The van der Waals surface area contributed by atoms with Crippen LogP contribution >= 0.6 is 6.42 Å². The van der Waals surface area contributed by atoms with Crippen LogP contribution in [0.2, 0.25) is 0 Å². The molecule has 1 aromatic rings. The minimum atomic E-state index is -2.41. The molecule has 0 unspecified atom stereocenters. The van der Waals surface area contributed by atoms with E-state index in [2.05, 4.69) is 26.0 Å². The fourth-order valence-electron chi connectivity index (χ4n) is 4.17. The van der Waals surface area contributed by atoms with Crippen LogP contribution in [0, 0.1) is 5.41 Å². The summed E-state index contributed by atoms with van der Waals surface area (Å²) < 4.78 is 13.6. The van der Waals surface area contributed by atoms with E-state index in [1.165, 1.54) is 15.9 Å². The van der Waals surface area contributed by atoms with E-state index in [0.717, 1.165) is 50.5 Å². The quantitative estimate of drug-likeness (QED) is 0.803. The number of allylic oxidation sites excluding steroid dienone is 2. The van der Waals surface area contributed by atoms with Crippen LogP contribution in [0.4, 0.5) is 5.69 Å². The third-order valence-electron chi connectivity index (χ3n) is 5.37. The maximum Gasteiger partial charge on any atom is 0.213 e. The molecule has 3 aliphatic rings. The fraction of sp³-hybridized carbons (Fsp3) is 0.526. The number of hydrazone groups is 1. The van der Waals surface area contributed by atoms with E-state index in [4.69, 9.17) is 26.2 Å². The highest BCUT2D eigenvalue weighted by Crippen LogP contribution is 2.66. The van der Waals surface area contributed by atoms with Crippen molar-refractivity contribution in [3.63, 3.8) is 0 Å². The van der Waals surface area contributed by atoms with Gasteiger partial charge in [0.1, 0.15) is 24.1 Å². The number of fused-ring (bicyclic) bond motifs is 1. The third kappa shape index (κ3) is 3.08. The van der Waals surface area contributed by atoms with Gasteiger partial charge in [-0.25, -0.2) is 4.78 Å². The predicted octanol–water partition coefficient (Wildman–Crippen LogP) is 2.77. The van der Waals surface area contributed by atoms with Crippen LogP contribution in [-0.4, -0.2) is 39.1 Å². The second-order valence-electron chi connectivity index (χ2n) is 7.94. The Morgan fingerprint density at radius 2 is 1.88 bits per heavy atom. The molecule has 0 radical (unpaired) electrons. The van der Waals surface area contributed by atoms with Gasteiger partial charge in [0.05, 0.1) is 24.6 Å². The van der Waals surface area contributed by atoms with E-state index < -0.39 is 6.42 Å². The van der Waals surface area contributed by atoms with Crippen molar-refractivity contribution in [2.24, 2.45) is 10.5 Å². The molecular formula is C19H27N3O2PS+. The molecule has 1 aromatic carbocycles. The molecule has 7 heteroatoms. The molecule has 26 heavy (non-hydrogen) atoms. The summed E-state index contributed by atoms with van der Waals surface area (Å²) >= 11 is 6.19. The van der Waals surface area contributed by atoms with E-state index in [0.29, 0.717) is 0 Å². The summed E-state index contributed by atoms with van der Waals surface area (Å²) in [5, 5.41) is 6.23. The van der Waals surface area contributed by atoms with Crippen LogP contribution in [0.15, 0.2) is 46.4 Å². The predicted molar refractivity (Wildman–Crippen MR) is 109 cm³/mol. The number of hydrogen-bond donors (Lipinski definition) is 1. The minimum absolute atomic E-state index is 0.184. The van der Waals surface area contributed by atoms with E-state index >= 15 is 0 Å². The summed E-state index contributed by atoms with van der Waals surface area (Å²) in [6, 6.07) is 10.2. The van der Waals surface area contributed by atoms with Crippen molar-refractivity contribution in [1.29, 1.82) is 0 Å². The second-order valence-corrected chi connectivity index (χ2v) is 11.7. The number of nitrogens with zero attached hydrogens (tertiary/aromatic N) is 2. The first kappa shape index (κ1) is 18.3. The molecule has 0 aromatic heterocycles. The summed E-state index contributed by atoms with van der Waals surface area (Å²) in [5.74, 6) is 0. The molecule has 0 amide bonds. The Balaban J connectivity index is 1.86. The Kier molecular flexibility index (Phi) is 4.82. The average molecular weight is 392 g/mol. The SMILES string of the molecule is CO[P@]1(=S)C2=C([NH+]3CCOCC3)CC(C)(C)CC2=NN1c1ccccc1. The lowest BCUT2D eigenvalue weighted by Gasteiger charge is -2.37. The lowest BCUT2D eigenvalue weighted by molar-refractivity contribution is -0.871. The number of anilines is 1. The molecule has 1 atom stereocenters. The number of benzene rings is 1. The summed E-state index contributed by atoms with van der Waals surface area (Å²) in [5.41, 5.74) is 3.74. The molecule has 0 saturated carbocycles. The van der Waals surface area contributed by atoms with Gasteiger partial charge in [0.15, 0.2) is 0 Å². The number of para-hydroxylation sites is 1. The summed E-state index contributed by atoms with van der Waals surface area (Å²) in [7, 11) is 1.74. The summed E-state index contributed by atoms with van der Waals surface area (Å²) in [6.07, 6.45) is -0.425. The van der Waals surface area contributed by atoms with Crippen LogP contribution in [0.1, 0.15) is 26.7 Å². The van der Waals surface area contributed by atoms with Gasteiger partial charge in [-0.3, -0.25) is 0 Å². The van der Waals surface area contributed by atoms with Crippen LogP contribution in [0.3, 0.4) is 0 Å². The average Bonchev–Trinajstić information content (AvgIpc) is 2.94. The molecule has 1 saturated heterocycles. The lowest BCUT2D eigenvalue weighted by Crippen LogP contribution is -3.12. The Labute approximate surface area is 160 Å². The molecule has 1 fully saturated rings. The van der Waals surface area contributed by atoms with Crippen molar-refractivity contribution in [3.05, 3.63) is 41.3 Å². The van der Waals surface area contributed by atoms with Gasteiger partial charge < -0.3 is 14.2 Å². The third-order valence-corrected chi connectivity index (χ3v) is 9.23. The number of quaternary nitrogens is 1. The van der Waals surface area contributed by atoms with Gasteiger partial charge in [-0.05, 0) is 35.8 Å². The zero-order valence-electron chi connectivity index (χ0n) is 15.7. The highest BCUT2D eigenvalue weighted by atomic mass is 32.4. The van der Waals surface area contributed by atoms with Crippen LogP contribution in [0.5, 0.6) is 0 Å². The van der Waals surface area contributed by atoms with Crippen LogP contribution < -0.4 is 9.68 Å². The summed E-state index contributed by atoms with van der Waals surface area (Å²) in [6.45, 7) is 8.25.